The van der Waals surface area contributed by atoms with Crippen molar-refractivity contribution in [1.29, 1.82) is 0 Å². The van der Waals surface area contributed by atoms with Gasteiger partial charge in [-0.15, -0.1) is 0 Å². The first kappa shape index (κ1) is 20.6. The van der Waals surface area contributed by atoms with Crippen LogP contribution in [0.15, 0.2) is 47.6 Å². The molecule has 1 aromatic heterocycles. The summed E-state index contributed by atoms with van der Waals surface area (Å²) >= 11 is 0. The Balaban J connectivity index is 1.92. The molecule has 2 N–H and O–H groups in total. The Hall–Kier alpha value is -2.76. The zero-order valence-corrected chi connectivity index (χ0v) is 16.9. The highest BCUT2D eigenvalue weighted by Crippen LogP contribution is 2.32. The molecule has 0 aliphatic heterocycles. The van der Waals surface area contributed by atoms with Gasteiger partial charge < -0.3 is 20.1 Å². The number of ether oxygens (including phenoxy) is 2. The highest BCUT2D eigenvalue weighted by Gasteiger charge is 2.22. The molecule has 0 radical (unpaired) electrons. The highest BCUT2D eigenvalue weighted by atomic mass is 16.5. The van der Waals surface area contributed by atoms with Gasteiger partial charge in [-0.2, -0.15) is 0 Å². The summed E-state index contributed by atoms with van der Waals surface area (Å²) in [6.45, 7) is 5.87. The van der Waals surface area contributed by atoms with Gasteiger partial charge in [-0.3, -0.25) is 9.98 Å². The molecule has 2 aromatic rings. The van der Waals surface area contributed by atoms with Crippen LogP contribution in [-0.4, -0.2) is 45.3 Å². The summed E-state index contributed by atoms with van der Waals surface area (Å²) in [5, 5.41) is 6.74. The summed E-state index contributed by atoms with van der Waals surface area (Å²) in [5.41, 5.74) is 2.11. The second-order valence-electron chi connectivity index (χ2n) is 6.88. The van der Waals surface area contributed by atoms with Crippen molar-refractivity contribution in [2.75, 3.05) is 34.4 Å². The molecule has 6 nitrogen and oxygen atoms in total. The van der Waals surface area contributed by atoms with Crippen molar-refractivity contribution in [3.05, 3.63) is 53.9 Å². The van der Waals surface area contributed by atoms with E-state index in [1.807, 2.05) is 36.5 Å². The molecule has 0 aliphatic carbocycles. The number of rotatable bonds is 8. The van der Waals surface area contributed by atoms with Crippen LogP contribution < -0.4 is 20.1 Å². The van der Waals surface area contributed by atoms with Gasteiger partial charge in [0.2, 0.25) is 0 Å². The van der Waals surface area contributed by atoms with E-state index in [1.165, 1.54) is 0 Å². The molecule has 1 heterocycles. The van der Waals surface area contributed by atoms with Crippen molar-refractivity contribution in [2.24, 2.45) is 4.99 Å². The van der Waals surface area contributed by atoms with Gasteiger partial charge >= 0.3 is 0 Å². The number of aromatic nitrogens is 1. The molecule has 146 valence electrons. The van der Waals surface area contributed by atoms with E-state index in [0.717, 1.165) is 48.2 Å². The Morgan fingerprint density at radius 3 is 2.48 bits per heavy atom. The van der Waals surface area contributed by atoms with Crippen LogP contribution in [0.1, 0.15) is 25.1 Å². The number of guanidine groups is 1. The second kappa shape index (κ2) is 9.80. The molecule has 0 saturated heterocycles. The Labute approximate surface area is 162 Å². The lowest BCUT2D eigenvalue weighted by Gasteiger charge is -2.27. The minimum atomic E-state index is -0.113. The van der Waals surface area contributed by atoms with Gasteiger partial charge in [-0.1, -0.05) is 26.0 Å². The molecular weight excluding hydrogens is 340 g/mol. The molecule has 0 aliphatic rings. The normalized spacial score (nSPS) is 11.8. The van der Waals surface area contributed by atoms with E-state index >= 15 is 0 Å². The lowest BCUT2D eigenvalue weighted by Crippen LogP contribution is -2.44. The lowest BCUT2D eigenvalue weighted by atomic mass is 9.84. The fourth-order valence-corrected chi connectivity index (χ4v) is 2.74. The molecule has 0 atom stereocenters. The van der Waals surface area contributed by atoms with Crippen LogP contribution in [0.25, 0.3) is 0 Å². The average Bonchev–Trinajstić information content (AvgIpc) is 2.70. The van der Waals surface area contributed by atoms with E-state index in [2.05, 4.69) is 40.5 Å². The van der Waals surface area contributed by atoms with Crippen LogP contribution in [0.3, 0.4) is 0 Å². The van der Waals surface area contributed by atoms with Gasteiger partial charge in [-0.25, -0.2) is 0 Å². The Bertz CT molecular complexity index is 745. The number of benzene rings is 1. The van der Waals surface area contributed by atoms with Crippen LogP contribution in [0.5, 0.6) is 11.5 Å². The van der Waals surface area contributed by atoms with E-state index in [1.54, 1.807) is 21.3 Å². The number of nitrogens with zero attached hydrogens (tertiary/aromatic N) is 2. The summed E-state index contributed by atoms with van der Waals surface area (Å²) in [5.74, 6) is 2.25. The first-order chi connectivity index (χ1) is 13.0. The average molecular weight is 370 g/mol. The van der Waals surface area contributed by atoms with Gasteiger partial charge in [-0.05, 0) is 29.8 Å². The molecule has 2 rings (SSSR count). The number of methoxy groups -OCH3 is 2. The molecule has 0 spiro atoms. The molecule has 0 bridgehead atoms. The SMILES string of the molecule is CN=C(NCCc1ccccn1)NCC(C)(C)c1ccc(OC)c(OC)c1. The molecule has 0 amide bonds. The minimum absolute atomic E-state index is 0.113. The maximum Gasteiger partial charge on any atom is 0.191 e. The third kappa shape index (κ3) is 5.88. The predicted octanol–water partition coefficient (Wildman–Crippen LogP) is 2.78. The number of aliphatic imine (C=N–C) groups is 1. The zero-order valence-electron chi connectivity index (χ0n) is 16.9. The van der Waals surface area contributed by atoms with Crippen molar-refractivity contribution in [1.82, 2.24) is 15.6 Å². The Kier molecular flexibility index (Phi) is 7.46. The lowest BCUT2D eigenvalue weighted by molar-refractivity contribution is 0.353. The van der Waals surface area contributed by atoms with Crippen LogP contribution in [0, 0.1) is 0 Å². The van der Waals surface area contributed by atoms with Gasteiger partial charge in [0.15, 0.2) is 17.5 Å². The van der Waals surface area contributed by atoms with Gasteiger partial charge in [0.05, 0.1) is 14.2 Å². The third-order valence-corrected chi connectivity index (χ3v) is 4.49. The monoisotopic (exact) mass is 370 g/mol. The van der Waals surface area contributed by atoms with Crippen LogP contribution in [-0.2, 0) is 11.8 Å². The van der Waals surface area contributed by atoms with Crippen LogP contribution in [0.4, 0.5) is 0 Å². The zero-order chi connectivity index (χ0) is 19.7. The highest BCUT2D eigenvalue weighted by molar-refractivity contribution is 5.79. The summed E-state index contributed by atoms with van der Waals surface area (Å²) in [6.07, 6.45) is 2.66. The molecule has 27 heavy (non-hydrogen) atoms. The number of hydrogen-bond acceptors (Lipinski definition) is 4. The van der Waals surface area contributed by atoms with Crippen molar-refractivity contribution < 1.29 is 9.47 Å². The van der Waals surface area contributed by atoms with E-state index in [9.17, 15) is 0 Å². The molecular formula is C21H30N4O2. The van der Waals surface area contributed by atoms with E-state index < -0.39 is 0 Å². The topological polar surface area (TPSA) is 67.8 Å². The van der Waals surface area contributed by atoms with Crippen molar-refractivity contribution in [3.8, 4) is 11.5 Å². The third-order valence-electron chi connectivity index (χ3n) is 4.49. The quantitative estimate of drug-likeness (QED) is 0.552. The van der Waals surface area contributed by atoms with Crippen molar-refractivity contribution in [2.45, 2.75) is 25.7 Å². The smallest absolute Gasteiger partial charge is 0.191 e. The summed E-state index contributed by atoms with van der Waals surface area (Å²) in [4.78, 5) is 8.64. The molecule has 6 heteroatoms. The summed E-state index contributed by atoms with van der Waals surface area (Å²) in [6, 6.07) is 12.0. The first-order valence-electron chi connectivity index (χ1n) is 9.07. The molecule has 0 unspecified atom stereocenters. The van der Waals surface area contributed by atoms with Crippen molar-refractivity contribution >= 4 is 5.96 Å². The number of pyridine rings is 1. The molecule has 0 fully saturated rings. The van der Waals surface area contributed by atoms with Gasteiger partial charge in [0.25, 0.3) is 0 Å². The molecule has 0 saturated carbocycles. The van der Waals surface area contributed by atoms with E-state index in [4.69, 9.17) is 9.47 Å². The number of nitrogens with one attached hydrogen (secondary N) is 2. The van der Waals surface area contributed by atoms with Crippen LogP contribution >= 0.6 is 0 Å². The van der Waals surface area contributed by atoms with E-state index in [0.29, 0.717) is 0 Å². The maximum absolute atomic E-state index is 5.43. The largest absolute Gasteiger partial charge is 0.493 e. The van der Waals surface area contributed by atoms with Crippen LogP contribution in [0.2, 0.25) is 0 Å². The van der Waals surface area contributed by atoms with Gasteiger partial charge in [0.1, 0.15) is 0 Å². The Morgan fingerprint density at radius 1 is 1.07 bits per heavy atom. The second-order valence-corrected chi connectivity index (χ2v) is 6.88. The fourth-order valence-electron chi connectivity index (χ4n) is 2.74. The Morgan fingerprint density at radius 2 is 1.85 bits per heavy atom. The standard InChI is InChI=1S/C21H30N4O2/c1-21(2,16-9-10-18(26-4)19(14-16)27-5)15-25-20(22-3)24-13-11-17-8-6-7-12-23-17/h6-10,12,14H,11,13,15H2,1-5H3,(H2,22,24,25). The fraction of sp³-hybridized carbons (Fsp3) is 0.429. The van der Waals surface area contributed by atoms with Crippen molar-refractivity contribution in [3.63, 3.8) is 0 Å². The molecule has 1 aromatic carbocycles. The first-order valence-corrected chi connectivity index (χ1v) is 9.07. The summed E-state index contributed by atoms with van der Waals surface area (Å²) in [7, 11) is 5.07. The number of hydrogen-bond donors (Lipinski definition) is 2. The summed E-state index contributed by atoms with van der Waals surface area (Å²) < 4.78 is 10.8. The van der Waals surface area contributed by atoms with E-state index in [-0.39, 0.29) is 5.41 Å². The maximum atomic E-state index is 5.43. The minimum Gasteiger partial charge on any atom is -0.493 e. The predicted molar refractivity (Wildman–Crippen MR) is 110 cm³/mol. The van der Waals surface area contributed by atoms with Gasteiger partial charge in [0, 0.05) is 43.9 Å².